The average molecular weight is 355 g/mol. The number of hydrogen-bond donors (Lipinski definition) is 0. The molecule has 0 radical (unpaired) electrons. The van der Waals surface area contributed by atoms with E-state index in [0.717, 1.165) is 40.0 Å². The Morgan fingerprint density at radius 2 is 2.20 bits per heavy atom. The van der Waals surface area contributed by atoms with Crippen molar-refractivity contribution in [1.82, 2.24) is 4.98 Å². The third-order valence-corrected chi connectivity index (χ3v) is 4.89. The molecule has 1 aromatic carbocycles. The van der Waals surface area contributed by atoms with Crippen molar-refractivity contribution >= 4 is 44.4 Å². The molecule has 1 heterocycles. The molecule has 0 fully saturated rings. The lowest BCUT2D eigenvalue weighted by molar-refractivity contribution is -0.147. The maximum absolute atomic E-state index is 11.3. The fourth-order valence-corrected chi connectivity index (χ4v) is 3.55. The number of esters is 1. The van der Waals surface area contributed by atoms with Crippen molar-refractivity contribution < 1.29 is 9.53 Å². The first-order valence-corrected chi connectivity index (χ1v) is 7.75. The van der Waals surface area contributed by atoms with Crippen LogP contribution in [0.25, 0.3) is 10.9 Å². The predicted molar refractivity (Wildman–Crippen MR) is 82.3 cm³/mol. The number of carbonyl (C=O) groups is 1. The van der Waals surface area contributed by atoms with Crippen LogP contribution in [0.15, 0.2) is 24.3 Å². The summed E-state index contributed by atoms with van der Waals surface area (Å²) in [6, 6.07) is 7.76. The number of alkyl halides is 1. The molecule has 1 aliphatic rings. The fourth-order valence-electron chi connectivity index (χ4n) is 2.62. The molecule has 0 bridgehead atoms. The number of nitrogens with zero attached hydrogens (tertiary/aromatic N) is 1. The molecule has 0 saturated heterocycles. The van der Waals surface area contributed by atoms with E-state index in [0.29, 0.717) is 0 Å². The molecule has 0 unspecified atom stereocenters. The molecule has 104 valence electrons. The van der Waals surface area contributed by atoms with Gasteiger partial charge in [0.1, 0.15) is 0 Å². The first-order chi connectivity index (χ1) is 9.58. The van der Waals surface area contributed by atoms with E-state index >= 15 is 0 Å². The lowest BCUT2D eigenvalue weighted by Gasteiger charge is -2.29. The van der Waals surface area contributed by atoms with Crippen LogP contribution in [-0.4, -0.2) is 15.8 Å². The van der Waals surface area contributed by atoms with E-state index in [-0.39, 0.29) is 16.9 Å². The molecular formula is C15H13BrClNO2. The highest BCUT2D eigenvalue weighted by Crippen LogP contribution is 2.41. The Bertz CT molecular complexity index is 689. The molecule has 3 rings (SSSR count). The standard InChI is InChI=1S/C15H13BrClNO2/c1-8(19)20-15-11(16)7-6-10-13(17)9-4-2-3-5-12(9)18-14(10)15/h2-5,11,15H,6-7H2,1H3/t11-,15+/m0/s1. The molecule has 2 atom stereocenters. The van der Waals surface area contributed by atoms with Crippen molar-refractivity contribution in [2.75, 3.05) is 0 Å². The summed E-state index contributed by atoms with van der Waals surface area (Å²) in [7, 11) is 0. The third kappa shape index (κ3) is 2.31. The minimum Gasteiger partial charge on any atom is -0.455 e. The molecule has 0 spiro atoms. The van der Waals surface area contributed by atoms with E-state index in [4.69, 9.17) is 16.3 Å². The minimum absolute atomic E-state index is 0.0728. The van der Waals surface area contributed by atoms with Crippen LogP contribution in [0.1, 0.15) is 30.7 Å². The molecule has 20 heavy (non-hydrogen) atoms. The Morgan fingerprint density at radius 3 is 2.95 bits per heavy atom. The lowest BCUT2D eigenvalue weighted by atomic mass is 9.92. The van der Waals surface area contributed by atoms with Gasteiger partial charge in [-0.2, -0.15) is 0 Å². The second-order valence-electron chi connectivity index (χ2n) is 4.89. The smallest absolute Gasteiger partial charge is 0.303 e. The van der Waals surface area contributed by atoms with Gasteiger partial charge < -0.3 is 4.74 Å². The van der Waals surface area contributed by atoms with Crippen molar-refractivity contribution in [3.63, 3.8) is 0 Å². The zero-order valence-electron chi connectivity index (χ0n) is 10.9. The number of rotatable bonds is 1. The second-order valence-corrected chi connectivity index (χ2v) is 6.45. The monoisotopic (exact) mass is 353 g/mol. The van der Waals surface area contributed by atoms with E-state index in [1.165, 1.54) is 6.92 Å². The van der Waals surface area contributed by atoms with E-state index < -0.39 is 0 Å². The first kappa shape index (κ1) is 13.8. The first-order valence-electron chi connectivity index (χ1n) is 6.46. The van der Waals surface area contributed by atoms with Gasteiger partial charge >= 0.3 is 5.97 Å². The van der Waals surface area contributed by atoms with Crippen LogP contribution in [0, 0.1) is 0 Å². The van der Waals surface area contributed by atoms with Crippen LogP contribution < -0.4 is 0 Å². The van der Waals surface area contributed by atoms with Gasteiger partial charge in [0, 0.05) is 12.3 Å². The number of pyridine rings is 1. The molecular weight excluding hydrogens is 342 g/mol. The van der Waals surface area contributed by atoms with Crippen LogP contribution in [0.5, 0.6) is 0 Å². The summed E-state index contributed by atoms with van der Waals surface area (Å²) in [6.07, 6.45) is 1.32. The molecule has 0 saturated carbocycles. The zero-order chi connectivity index (χ0) is 14.3. The number of hydrogen-bond acceptors (Lipinski definition) is 3. The molecule has 5 heteroatoms. The number of benzene rings is 1. The Hall–Kier alpha value is -1.13. The minimum atomic E-state index is -0.377. The molecule has 0 amide bonds. The largest absolute Gasteiger partial charge is 0.455 e. The fraction of sp³-hybridized carbons (Fsp3) is 0.333. The average Bonchev–Trinajstić information content (AvgIpc) is 2.42. The van der Waals surface area contributed by atoms with E-state index in [2.05, 4.69) is 20.9 Å². The summed E-state index contributed by atoms with van der Waals surface area (Å²) in [5, 5.41) is 1.67. The summed E-state index contributed by atoms with van der Waals surface area (Å²) < 4.78 is 5.43. The predicted octanol–water partition coefficient (Wildman–Crippen LogP) is 4.20. The van der Waals surface area contributed by atoms with E-state index in [1.807, 2.05) is 24.3 Å². The highest BCUT2D eigenvalue weighted by Gasteiger charge is 2.33. The van der Waals surface area contributed by atoms with Gasteiger partial charge in [0.2, 0.25) is 0 Å². The number of aromatic nitrogens is 1. The van der Waals surface area contributed by atoms with Gasteiger partial charge in [-0.15, -0.1) is 0 Å². The van der Waals surface area contributed by atoms with Gasteiger partial charge in [-0.1, -0.05) is 45.7 Å². The van der Waals surface area contributed by atoms with Gasteiger partial charge in [-0.25, -0.2) is 4.98 Å². The number of fused-ring (bicyclic) bond motifs is 2. The Labute approximate surface area is 130 Å². The molecule has 0 N–H and O–H groups in total. The van der Waals surface area contributed by atoms with Crippen molar-refractivity contribution in [2.24, 2.45) is 0 Å². The van der Waals surface area contributed by atoms with Crippen molar-refractivity contribution in [3.05, 3.63) is 40.5 Å². The lowest BCUT2D eigenvalue weighted by Crippen LogP contribution is -2.26. The van der Waals surface area contributed by atoms with Crippen molar-refractivity contribution in [2.45, 2.75) is 30.7 Å². The normalized spacial score (nSPS) is 21.6. The Kier molecular flexibility index (Phi) is 3.69. The number of carbonyl (C=O) groups excluding carboxylic acids is 1. The Balaban J connectivity index is 2.20. The second kappa shape index (κ2) is 5.34. The van der Waals surface area contributed by atoms with Gasteiger partial charge in [0.05, 0.1) is 21.1 Å². The molecule has 2 aromatic rings. The van der Waals surface area contributed by atoms with Gasteiger partial charge in [-0.3, -0.25) is 4.79 Å². The van der Waals surface area contributed by atoms with Crippen LogP contribution in [-0.2, 0) is 16.0 Å². The van der Waals surface area contributed by atoms with Crippen LogP contribution in [0.2, 0.25) is 5.02 Å². The maximum Gasteiger partial charge on any atom is 0.303 e. The highest BCUT2D eigenvalue weighted by atomic mass is 79.9. The number of halogens is 2. The summed E-state index contributed by atoms with van der Waals surface area (Å²) >= 11 is 10.1. The molecule has 1 aromatic heterocycles. The van der Waals surface area contributed by atoms with E-state index in [1.54, 1.807) is 0 Å². The van der Waals surface area contributed by atoms with E-state index in [9.17, 15) is 4.79 Å². The van der Waals surface area contributed by atoms with Gasteiger partial charge in [0.25, 0.3) is 0 Å². The number of para-hydroxylation sites is 1. The van der Waals surface area contributed by atoms with Crippen molar-refractivity contribution in [3.8, 4) is 0 Å². The number of ether oxygens (including phenoxy) is 1. The molecule has 1 aliphatic carbocycles. The maximum atomic E-state index is 11.3. The van der Waals surface area contributed by atoms with Crippen LogP contribution in [0.3, 0.4) is 0 Å². The molecule has 3 nitrogen and oxygen atoms in total. The highest BCUT2D eigenvalue weighted by molar-refractivity contribution is 9.09. The summed E-state index contributed by atoms with van der Waals surface area (Å²) in [5.74, 6) is -0.307. The topological polar surface area (TPSA) is 39.2 Å². The van der Waals surface area contributed by atoms with Crippen molar-refractivity contribution in [1.29, 1.82) is 0 Å². The molecule has 0 aliphatic heterocycles. The summed E-state index contributed by atoms with van der Waals surface area (Å²) in [4.78, 5) is 16.1. The van der Waals surface area contributed by atoms with Crippen LogP contribution >= 0.6 is 27.5 Å². The Morgan fingerprint density at radius 1 is 1.45 bits per heavy atom. The zero-order valence-corrected chi connectivity index (χ0v) is 13.2. The van der Waals surface area contributed by atoms with Crippen LogP contribution in [0.4, 0.5) is 0 Å². The van der Waals surface area contributed by atoms with Gasteiger partial charge in [0.15, 0.2) is 6.10 Å². The third-order valence-electron chi connectivity index (χ3n) is 3.52. The van der Waals surface area contributed by atoms with Gasteiger partial charge in [-0.05, 0) is 24.5 Å². The quantitative estimate of drug-likeness (QED) is 0.569. The SMILES string of the molecule is CC(=O)O[C@H]1c2nc3ccccc3c(Cl)c2CC[C@@H]1Br. The summed E-state index contributed by atoms with van der Waals surface area (Å²) in [5.41, 5.74) is 2.60. The summed E-state index contributed by atoms with van der Waals surface area (Å²) in [6.45, 7) is 1.41.